The Morgan fingerprint density at radius 3 is 2.64 bits per heavy atom. The number of aryl methyl sites for hydroxylation is 1. The highest BCUT2D eigenvalue weighted by Gasteiger charge is 2.34. The van der Waals surface area contributed by atoms with Gasteiger partial charge in [-0.1, -0.05) is 15.9 Å². The summed E-state index contributed by atoms with van der Waals surface area (Å²) in [6.45, 7) is -0.522. The normalized spacial score (nSPS) is 13.7. The molecule has 0 atom stereocenters. The molecule has 1 aliphatic rings. The molecule has 1 aliphatic heterocycles. The number of aromatic nitrogens is 3. The molecule has 168 valence electrons. The Morgan fingerprint density at radius 1 is 1.12 bits per heavy atom. The zero-order chi connectivity index (χ0) is 23.1. The molecule has 5 rings (SSSR count). The van der Waals surface area contributed by atoms with Crippen LogP contribution < -0.4 is 14.5 Å². The predicted molar refractivity (Wildman–Crippen MR) is 124 cm³/mol. The van der Waals surface area contributed by atoms with E-state index in [2.05, 4.69) is 26.0 Å². The monoisotopic (exact) mass is 513 g/mol. The first kappa shape index (κ1) is 21.3. The number of hydrogen-bond acceptors (Lipinski definition) is 4. The molecular weight excluding hydrogens is 496 g/mol. The molecule has 7 nitrogen and oxygen atoms in total. The number of ether oxygens (including phenoxy) is 1. The van der Waals surface area contributed by atoms with Crippen LogP contribution in [0, 0.1) is 0 Å². The average Bonchev–Trinajstić information content (AvgIpc) is 3.17. The van der Waals surface area contributed by atoms with Crippen LogP contribution in [-0.2, 0) is 13.6 Å². The SMILES string of the molecule is Cn1cc2cc(N3Cc4ncc(OCC(F)F)cc4N(c4ccc(Br)cc4)C3=O)ccc2n1. The van der Waals surface area contributed by atoms with Crippen LogP contribution in [0.4, 0.5) is 30.6 Å². The number of anilines is 3. The first-order valence-corrected chi connectivity index (χ1v) is 10.9. The second kappa shape index (κ2) is 8.43. The Bertz CT molecular complexity index is 1340. The molecule has 0 saturated carbocycles. The van der Waals surface area contributed by atoms with E-state index in [4.69, 9.17) is 4.74 Å². The highest BCUT2D eigenvalue weighted by Crippen LogP contribution is 2.38. The van der Waals surface area contributed by atoms with Crippen LogP contribution in [-0.4, -0.2) is 33.8 Å². The van der Waals surface area contributed by atoms with E-state index in [0.717, 1.165) is 15.4 Å². The third kappa shape index (κ3) is 4.13. The van der Waals surface area contributed by atoms with Crippen molar-refractivity contribution < 1.29 is 18.3 Å². The summed E-state index contributed by atoms with van der Waals surface area (Å²) in [7, 11) is 1.84. The number of carbonyl (C=O) groups excluding carboxylic acids is 1. The van der Waals surface area contributed by atoms with Crippen LogP contribution in [0.3, 0.4) is 0 Å². The summed E-state index contributed by atoms with van der Waals surface area (Å²) < 4.78 is 33.0. The maximum absolute atomic E-state index is 13.7. The first-order valence-electron chi connectivity index (χ1n) is 10.1. The second-order valence-corrected chi connectivity index (χ2v) is 8.48. The fourth-order valence-corrected chi connectivity index (χ4v) is 4.07. The van der Waals surface area contributed by atoms with Crippen LogP contribution >= 0.6 is 15.9 Å². The third-order valence-electron chi connectivity index (χ3n) is 5.27. The van der Waals surface area contributed by atoms with Crippen molar-refractivity contribution >= 4 is 49.9 Å². The molecule has 0 bridgehead atoms. The molecule has 3 heterocycles. The number of benzene rings is 2. The molecule has 4 aromatic rings. The van der Waals surface area contributed by atoms with Crippen molar-refractivity contribution in [3.63, 3.8) is 0 Å². The summed E-state index contributed by atoms with van der Waals surface area (Å²) in [5, 5.41) is 5.29. The summed E-state index contributed by atoms with van der Waals surface area (Å²) in [5.74, 6) is 0.175. The predicted octanol–water partition coefficient (Wildman–Crippen LogP) is 5.65. The molecule has 0 unspecified atom stereocenters. The van der Waals surface area contributed by atoms with Gasteiger partial charge in [0.15, 0.2) is 0 Å². The first-order chi connectivity index (χ1) is 15.9. The lowest BCUT2D eigenvalue weighted by Crippen LogP contribution is -2.45. The minimum Gasteiger partial charge on any atom is -0.486 e. The number of amides is 2. The molecule has 0 saturated heterocycles. The Labute approximate surface area is 196 Å². The highest BCUT2D eigenvalue weighted by molar-refractivity contribution is 9.10. The van der Waals surface area contributed by atoms with Crippen molar-refractivity contribution in [1.29, 1.82) is 0 Å². The van der Waals surface area contributed by atoms with E-state index in [1.807, 2.05) is 43.6 Å². The Balaban J connectivity index is 1.59. The van der Waals surface area contributed by atoms with E-state index in [-0.39, 0.29) is 18.3 Å². The van der Waals surface area contributed by atoms with Crippen LogP contribution in [0.25, 0.3) is 10.9 Å². The van der Waals surface area contributed by atoms with Gasteiger partial charge in [-0.25, -0.2) is 13.6 Å². The Hall–Kier alpha value is -3.53. The van der Waals surface area contributed by atoms with Gasteiger partial charge in [0.2, 0.25) is 0 Å². The van der Waals surface area contributed by atoms with Gasteiger partial charge in [0.25, 0.3) is 6.43 Å². The number of nitrogens with zero attached hydrogens (tertiary/aromatic N) is 5. The lowest BCUT2D eigenvalue weighted by molar-refractivity contribution is 0.0817. The lowest BCUT2D eigenvalue weighted by Gasteiger charge is -2.36. The van der Waals surface area contributed by atoms with Crippen molar-refractivity contribution in [2.75, 3.05) is 16.4 Å². The van der Waals surface area contributed by atoms with E-state index in [1.54, 1.807) is 27.8 Å². The maximum Gasteiger partial charge on any atom is 0.334 e. The van der Waals surface area contributed by atoms with Gasteiger partial charge < -0.3 is 4.74 Å². The van der Waals surface area contributed by atoms with Crippen molar-refractivity contribution in [1.82, 2.24) is 14.8 Å². The minimum absolute atomic E-state index is 0.175. The van der Waals surface area contributed by atoms with Crippen molar-refractivity contribution in [2.24, 2.45) is 7.05 Å². The molecule has 10 heteroatoms. The summed E-state index contributed by atoms with van der Waals surface area (Å²) in [6.07, 6.45) is 0.681. The molecule has 2 aromatic carbocycles. The molecule has 0 fully saturated rings. The summed E-state index contributed by atoms with van der Waals surface area (Å²) in [6, 6.07) is 14.2. The van der Waals surface area contributed by atoms with E-state index in [0.29, 0.717) is 22.8 Å². The van der Waals surface area contributed by atoms with Gasteiger partial charge in [0.1, 0.15) is 12.4 Å². The summed E-state index contributed by atoms with van der Waals surface area (Å²) >= 11 is 3.41. The number of carbonyl (C=O) groups is 1. The maximum atomic E-state index is 13.7. The number of fused-ring (bicyclic) bond motifs is 2. The van der Waals surface area contributed by atoms with E-state index < -0.39 is 13.0 Å². The topological polar surface area (TPSA) is 63.5 Å². The number of alkyl halides is 2. The zero-order valence-corrected chi connectivity index (χ0v) is 19.0. The largest absolute Gasteiger partial charge is 0.486 e. The molecule has 0 radical (unpaired) electrons. The van der Waals surface area contributed by atoms with Crippen LogP contribution in [0.5, 0.6) is 5.75 Å². The van der Waals surface area contributed by atoms with Gasteiger partial charge in [0, 0.05) is 34.9 Å². The Kier molecular flexibility index (Phi) is 5.45. The van der Waals surface area contributed by atoms with Gasteiger partial charge in [-0.3, -0.25) is 19.5 Å². The summed E-state index contributed by atoms with van der Waals surface area (Å²) in [4.78, 5) is 21.3. The number of halogens is 3. The van der Waals surface area contributed by atoms with E-state index in [1.165, 1.54) is 11.1 Å². The summed E-state index contributed by atoms with van der Waals surface area (Å²) in [5.41, 5.74) is 3.26. The van der Waals surface area contributed by atoms with Crippen molar-refractivity contribution in [3.8, 4) is 5.75 Å². The van der Waals surface area contributed by atoms with Crippen LogP contribution in [0.15, 0.2) is 65.4 Å². The van der Waals surface area contributed by atoms with Gasteiger partial charge in [-0.05, 0) is 42.5 Å². The minimum atomic E-state index is -2.61. The molecule has 0 spiro atoms. The lowest BCUT2D eigenvalue weighted by atomic mass is 10.1. The van der Waals surface area contributed by atoms with E-state index >= 15 is 0 Å². The molecular formula is C23H18BrF2N5O2. The molecule has 33 heavy (non-hydrogen) atoms. The third-order valence-corrected chi connectivity index (χ3v) is 5.80. The fraction of sp³-hybridized carbons (Fsp3) is 0.174. The number of pyridine rings is 1. The average molecular weight is 514 g/mol. The van der Waals surface area contributed by atoms with Gasteiger partial charge in [-0.2, -0.15) is 5.10 Å². The number of hydrogen-bond donors (Lipinski definition) is 0. The zero-order valence-electron chi connectivity index (χ0n) is 17.5. The van der Waals surface area contributed by atoms with Crippen LogP contribution in [0.1, 0.15) is 5.69 Å². The highest BCUT2D eigenvalue weighted by atomic mass is 79.9. The molecule has 2 amide bonds. The van der Waals surface area contributed by atoms with Gasteiger partial charge in [0.05, 0.1) is 35.3 Å². The van der Waals surface area contributed by atoms with Crippen LogP contribution in [0.2, 0.25) is 0 Å². The fourth-order valence-electron chi connectivity index (χ4n) is 3.80. The standard InChI is InChI=1S/C23H18BrF2N5O2/c1-29-11-14-8-17(6-7-19(14)28-29)30-12-20-21(9-18(10-27-20)33-13-22(25)26)31(23(30)32)16-4-2-15(24)3-5-16/h2-11,22H,12-13H2,1H3. The molecule has 0 aliphatic carbocycles. The number of rotatable bonds is 5. The Morgan fingerprint density at radius 2 is 1.88 bits per heavy atom. The van der Waals surface area contributed by atoms with Crippen molar-refractivity contribution in [2.45, 2.75) is 13.0 Å². The van der Waals surface area contributed by atoms with Gasteiger partial charge in [-0.15, -0.1) is 0 Å². The quantitative estimate of drug-likeness (QED) is 0.345. The van der Waals surface area contributed by atoms with Gasteiger partial charge >= 0.3 is 6.03 Å². The molecule has 0 N–H and O–H groups in total. The van der Waals surface area contributed by atoms with Crippen molar-refractivity contribution in [3.05, 3.63) is 71.1 Å². The second-order valence-electron chi connectivity index (χ2n) is 7.57. The van der Waals surface area contributed by atoms with E-state index in [9.17, 15) is 13.6 Å². The smallest absolute Gasteiger partial charge is 0.334 e. The number of urea groups is 1. The molecule has 2 aromatic heterocycles.